The van der Waals surface area contributed by atoms with Crippen LogP contribution in [0.3, 0.4) is 0 Å². The molecule has 0 spiro atoms. The Labute approximate surface area is 140 Å². The number of ether oxygens (including phenoxy) is 1. The van der Waals surface area contributed by atoms with Crippen molar-refractivity contribution in [1.82, 2.24) is 19.6 Å². The third-order valence-corrected chi connectivity index (χ3v) is 5.04. The fourth-order valence-corrected chi connectivity index (χ4v) is 4.19. The first-order valence-electron chi connectivity index (χ1n) is 8.98. The Hall–Kier alpha value is -0.910. The summed E-state index contributed by atoms with van der Waals surface area (Å²) in [4.78, 5) is 5.18. The van der Waals surface area contributed by atoms with Crippen molar-refractivity contribution in [1.29, 1.82) is 0 Å². The molecule has 2 saturated heterocycles. The number of aromatic nitrogens is 2. The third-order valence-electron chi connectivity index (χ3n) is 5.04. The number of morpholine rings is 1. The van der Waals surface area contributed by atoms with Crippen LogP contribution in [0.4, 0.5) is 0 Å². The molecule has 0 unspecified atom stereocenters. The van der Waals surface area contributed by atoms with Gasteiger partial charge in [-0.15, -0.1) is 0 Å². The Morgan fingerprint density at radius 2 is 1.83 bits per heavy atom. The first-order chi connectivity index (χ1) is 10.9. The molecule has 2 aliphatic rings. The van der Waals surface area contributed by atoms with Gasteiger partial charge in [0.05, 0.1) is 24.9 Å². The van der Waals surface area contributed by atoms with Gasteiger partial charge in [-0.25, -0.2) is 0 Å². The van der Waals surface area contributed by atoms with Crippen LogP contribution in [-0.2, 0) is 4.74 Å². The Kier molecular flexibility index (Phi) is 5.09. The molecular weight excluding hydrogens is 288 g/mol. The summed E-state index contributed by atoms with van der Waals surface area (Å²) in [6.07, 6.45) is 1.22. The van der Waals surface area contributed by atoms with Crippen LogP contribution in [-0.4, -0.2) is 72.1 Å². The van der Waals surface area contributed by atoms with Crippen LogP contribution in [0.5, 0.6) is 0 Å². The second-order valence-electron chi connectivity index (χ2n) is 8.10. The molecule has 0 N–H and O–H groups in total. The Bertz CT molecular complexity index is 519. The number of aryl methyl sites for hydroxylation is 2. The summed E-state index contributed by atoms with van der Waals surface area (Å²) < 4.78 is 7.70. The maximum Gasteiger partial charge on any atom is 0.0661 e. The van der Waals surface area contributed by atoms with Gasteiger partial charge in [-0.3, -0.25) is 9.58 Å². The van der Waals surface area contributed by atoms with Crippen molar-refractivity contribution in [3.63, 3.8) is 0 Å². The minimum absolute atomic E-state index is 0.321. The summed E-state index contributed by atoms with van der Waals surface area (Å²) in [6, 6.07) is 2.73. The van der Waals surface area contributed by atoms with Crippen molar-refractivity contribution < 1.29 is 4.74 Å². The summed E-state index contributed by atoms with van der Waals surface area (Å²) in [7, 11) is 0. The summed E-state index contributed by atoms with van der Waals surface area (Å²) in [5, 5.41) is 4.68. The van der Waals surface area contributed by atoms with Crippen LogP contribution in [0.25, 0.3) is 0 Å². The van der Waals surface area contributed by atoms with E-state index in [0.29, 0.717) is 11.5 Å². The minimum atomic E-state index is 0.321. The summed E-state index contributed by atoms with van der Waals surface area (Å²) >= 11 is 0. The zero-order chi connectivity index (χ0) is 16.4. The lowest BCUT2D eigenvalue weighted by Gasteiger charge is -2.37. The number of rotatable bonds is 5. The molecule has 1 atom stereocenters. The monoisotopic (exact) mass is 320 g/mol. The molecule has 5 nitrogen and oxygen atoms in total. The maximum absolute atomic E-state index is 5.46. The molecule has 3 heterocycles. The van der Waals surface area contributed by atoms with Crippen molar-refractivity contribution >= 4 is 0 Å². The molecule has 0 saturated carbocycles. The van der Waals surface area contributed by atoms with Gasteiger partial charge in [0.15, 0.2) is 0 Å². The summed E-state index contributed by atoms with van der Waals surface area (Å²) in [5.41, 5.74) is 2.75. The van der Waals surface area contributed by atoms with E-state index in [1.54, 1.807) is 0 Å². The molecule has 0 bridgehead atoms. The molecule has 0 aromatic carbocycles. The predicted octanol–water partition coefficient (Wildman–Crippen LogP) is 2.11. The van der Waals surface area contributed by atoms with E-state index in [-0.39, 0.29) is 0 Å². The zero-order valence-corrected chi connectivity index (χ0v) is 15.2. The van der Waals surface area contributed by atoms with Gasteiger partial charge in [0.2, 0.25) is 0 Å². The summed E-state index contributed by atoms with van der Waals surface area (Å²) in [6.45, 7) is 17.7. The SMILES string of the molecule is Cc1cc(C)n([C@@H]2CCN(CC(C)(C)CN3CCOCC3)C2)n1. The number of hydrogen-bond donors (Lipinski definition) is 0. The molecule has 2 fully saturated rings. The first-order valence-corrected chi connectivity index (χ1v) is 8.98. The lowest BCUT2D eigenvalue weighted by Crippen LogP contribution is -2.45. The molecule has 1 aromatic rings. The fourth-order valence-electron chi connectivity index (χ4n) is 4.19. The van der Waals surface area contributed by atoms with Gasteiger partial charge in [-0.05, 0) is 31.7 Å². The van der Waals surface area contributed by atoms with E-state index in [2.05, 4.69) is 53.3 Å². The smallest absolute Gasteiger partial charge is 0.0661 e. The molecule has 130 valence electrons. The second-order valence-corrected chi connectivity index (χ2v) is 8.10. The zero-order valence-electron chi connectivity index (χ0n) is 15.2. The van der Waals surface area contributed by atoms with Crippen LogP contribution in [0.2, 0.25) is 0 Å². The van der Waals surface area contributed by atoms with Crippen LogP contribution in [0.15, 0.2) is 6.07 Å². The minimum Gasteiger partial charge on any atom is -0.379 e. The molecule has 1 aromatic heterocycles. The van der Waals surface area contributed by atoms with Crippen LogP contribution in [0, 0.1) is 19.3 Å². The number of likely N-dealkylation sites (tertiary alicyclic amines) is 1. The van der Waals surface area contributed by atoms with Gasteiger partial charge in [0, 0.05) is 45.0 Å². The Morgan fingerprint density at radius 3 is 2.48 bits per heavy atom. The molecule has 0 radical (unpaired) electrons. The van der Waals surface area contributed by atoms with Crippen molar-refractivity contribution in [3.05, 3.63) is 17.5 Å². The summed E-state index contributed by atoms with van der Waals surface area (Å²) in [5.74, 6) is 0. The molecule has 3 rings (SSSR count). The quantitative estimate of drug-likeness (QED) is 0.832. The largest absolute Gasteiger partial charge is 0.379 e. The van der Waals surface area contributed by atoms with E-state index in [1.165, 1.54) is 25.2 Å². The highest BCUT2D eigenvalue weighted by Gasteiger charge is 2.31. The highest BCUT2D eigenvalue weighted by Crippen LogP contribution is 2.27. The predicted molar refractivity (Wildman–Crippen MR) is 92.8 cm³/mol. The molecule has 2 aliphatic heterocycles. The van der Waals surface area contributed by atoms with Crippen molar-refractivity contribution in [2.75, 3.05) is 52.5 Å². The topological polar surface area (TPSA) is 33.5 Å². The molecule has 23 heavy (non-hydrogen) atoms. The standard InChI is InChI=1S/C18H32N4O/c1-15-11-16(2)22(19-15)17-5-6-21(12-17)14-18(3,4)13-20-7-9-23-10-8-20/h11,17H,5-10,12-14H2,1-4H3/t17-/m1/s1. The average molecular weight is 320 g/mol. The van der Waals surface area contributed by atoms with Gasteiger partial charge < -0.3 is 9.64 Å². The Morgan fingerprint density at radius 1 is 1.13 bits per heavy atom. The van der Waals surface area contributed by atoms with E-state index in [0.717, 1.165) is 45.1 Å². The second kappa shape index (κ2) is 6.91. The van der Waals surface area contributed by atoms with Gasteiger partial charge in [0.25, 0.3) is 0 Å². The van der Waals surface area contributed by atoms with Gasteiger partial charge in [0.1, 0.15) is 0 Å². The number of nitrogens with zero attached hydrogens (tertiary/aromatic N) is 4. The first kappa shape index (κ1) is 16.9. The van der Waals surface area contributed by atoms with Gasteiger partial charge >= 0.3 is 0 Å². The van der Waals surface area contributed by atoms with E-state index in [1.807, 2.05) is 0 Å². The van der Waals surface area contributed by atoms with Crippen molar-refractivity contribution in [2.24, 2.45) is 5.41 Å². The molecule has 5 heteroatoms. The number of hydrogen-bond acceptors (Lipinski definition) is 4. The van der Waals surface area contributed by atoms with Gasteiger partial charge in [-0.2, -0.15) is 5.10 Å². The van der Waals surface area contributed by atoms with Crippen LogP contribution >= 0.6 is 0 Å². The van der Waals surface area contributed by atoms with Crippen molar-refractivity contribution in [3.8, 4) is 0 Å². The van der Waals surface area contributed by atoms with E-state index >= 15 is 0 Å². The molecule has 0 aliphatic carbocycles. The average Bonchev–Trinajstić information content (AvgIpc) is 3.05. The third kappa shape index (κ3) is 4.34. The highest BCUT2D eigenvalue weighted by atomic mass is 16.5. The van der Waals surface area contributed by atoms with Crippen molar-refractivity contribution in [2.45, 2.75) is 40.2 Å². The van der Waals surface area contributed by atoms with E-state index in [9.17, 15) is 0 Å². The molecule has 0 amide bonds. The van der Waals surface area contributed by atoms with E-state index < -0.39 is 0 Å². The maximum atomic E-state index is 5.46. The van der Waals surface area contributed by atoms with Crippen LogP contribution < -0.4 is 0 Å². The van der Waals surface area contributed by atoms with Gasteiger partial charge in [-0.1, -0.05) is 13.8 Å². The highest BCUT2D eigenvalue weighted by molar-refractivity contribution is 5.08. The lowest BCUT2D eigenvalue weighted by molar-refractivity contribution is 0.0162. The fraction of sp³-hybridized carbons (Fsp3) is 0.833. The van der Waals surface area contributed by atoms with Crippen LogP contribution in [0.1, 0.15) is 37.7 Å². The van der Waals surface area contributed by atoms with E-state index in [4.69, 9.17) is 4.74 Å². The molecular formula is C18H32N4O. The lowest BCUT2D eigenvalue weighted by atomic mass is 9.92. The Balaban J connectivity index is 1.53. The normalized spacial score (nSPS) is 24.4.